The SMILES string of the molecule is COc1ccc(-n2c(C(=O)NCc3ccccc3)c3n(c2=O)CCN(C(=O)c2cc4c(Cl)cc(F)cc4[nH]2)C3)cc1. The number of carbonyl (C=O) groups excluding carboxylic acids is 2. The van der Waals surface area contributed by atoms with Gasteiger partial charge in [0.1, 0.15) is 23.0 Å². The monoisotopic (exact) mass is 573 g/mol. The lowest BCUT2D eigenvalue weighted by Crippen LogP contribution is -2.41. The summed E-state index contributed by atoms with van der Waals surface area (Å²) < 4.78 is 22.0. The number of ether oxygens (including phenoxy) is 1. The molecule has 0 bridgehead atoms. The van der Waals surface area contributed by atoms with E-state index in [-0.39, 0.29) is 54.2 Å². The number of nitrogens with zero attached hydrogens (tertiary/aromatic N) is 3. The van der Waals surface area contributed by atoms with Gasteiger partial charge in [0.2, 0.25) is 0 Å². The van der Waals surface area contributed by atoms with E-state index < -0.39 is 11.7 Å². The number of amides is 2. The molecule has 41 heavy (non-hydrogen) atoms. The topological polar surface area (TPSA) is 101 Å². The molecule has 208 valence electrons. The van der Waals surface area contributed by atoms with Gasteiger partial charge in [-0.15, -0.1) is 0 Å². The number of fused-ring (bicyclic) bond motifs is 2. The first-order chi connectivity index (χ1) is 19.8. The molecule has 6 rings (SSSR count). The highest BCUT2D eigenvalue weighted by Crippen LogP contribution is 2.28. The second-order valence-corrected chi connectivity index (χ2v) is 10.1. The van der Waals surface area contributed by atoms with Crippen LogP contribution >= 0.6 is 11.6 Å². The molecule has 2 amide bonds. The first-order valence-corrected chi connectivity index (χ1v) is 13.3. The third-order valence-electron chi connectivity index (χ3n) is 7.19. The Labute approximate surface area is 238 Å². The first kappa shape index (κ1) is 26.4. The third kappa shape index (κ3) is 4.87. The maximum atomic E-state index is 13.9. The van der Waals surface area contributed by atoms with Gasteiger partial charge < -0.3 is 19.9 Å². The normalized spacial score (nSPS) is 12.8. The predicted molar refractivity (Wildman–Crippen MR) is 152 cm³/mol. The van der Waals surface area contributed by atoms with Gasteiger partial charge in [-0.05, 0) is 48.0 Å². The molecule has 1 aliphatic rings. The van der Waals surface area contributed by atoms with Crippen LogP contribution in [-0.2, 0) is 19.6 Å². The second kappa shape index (κ2) is 10.6. The van der Waals surface area contributed by atoms with Gasteiger partial charge in [0.05, 0.1) is 35.6 Å². The van der Waals surface area contributed by atoms with Crippen LogP contribution in [0.15, 0.2) is 77.6 Å². The van der Waals surface area contributed by atoms with Crippen LogP contribution in [-0.4, -0.2) is 44.5 Å². The fourth-order valence-corrected chi connectivity index (χ4v) is 5.41. The lowest BCUT2D eigenvalue weighted by atomic mass is 10.2. The fourth-order valence-electron chi connectivity index (χ4n) is 5.14. The van der Waals surface area contributed by atoms with Gasteiger partial charge in [0.15, 0.2) is 0 Å². The number of benzene rings is 3. The number of aromatic nitrogens is 3. The molecule has 0 unspecified atom stereocenters. The molecule has 5 aromatic rings. The van der Waals surface area contributed by atoms with Crippen molar-refractivity contribution in [2.24, 2.45) is 0 Å². The Kier molecular flexibility index (Phi) is 6.84. The van der Waals surface area contributed by atoms with Crippen molar-refractivity contribution in [3.63, 3.8) is 0 Å². The summed E-state index contributed by atoms with van der Waals surface area (Å²) in [6, 6.07) is 20.3. The Balaban J connectivity index is 1.38. The molecule has 0 saturated carbocycles. The highest BCUT2D eigenvalue weighted by Gasteiger charge is 2.32. The van der Waals surface area contributed by atoms with E-state index in [0.29, 0.717) is 28.0 Å². The molecule has 9 nitrogen and oxygen atoms in total. The molecule has 0 aliphatic carbocycles. The molecular formula is C30H25ClFN5O4. The maximum Gasteiger partial charge on any atom is 0.333 e. The molecule has 3 heterocycles. The standard InChI is InChI=1S/C30H25ClFN5O4/c1-41-21-9-7-20(8-10-21)37-27(28(38)33-16-18-5-3-2-4-6-18)26-17-35(11-12-36(26)30(37)40)29(39)25-15-22-23(31)13-19(32)14-24(22)34-25/h2-10,13-15,34H,11-12,16-17H2,1H3,(H,33,38). The zero-order valence-corrected chi connectivity index (χ0v) is 22.7. The van der Waals surface area contributed by atoms with Gasteiger partial charge in [-0.3, -0.25) is 18.7 Å². The van der Waals surface area contributed by atoms with Crippen LogP contribution < -0.4 is 15.7 Å². The highest BCUT2D eigenvalue weighted by molar-refractivity contribution is 6.35. The van der Waals surface area contributed by atoms with Gasteiger partial charge >= 0.3 is 5.69 Å². The van der Waals surface area contributed by atoms with Gasteiger partial charge in [0.25, 0.3) is 11.8 Å². The van der Waals surface area contributed by atoms with Crippen molar-refractivity contribution in [3.05, 3.63) is 117 Å². The smallest absolute Gasteiger partial charge is 0.333 e. The highest BCUT2D eigenvalue weighted by atomic mass is 35.5. The summed E-state index contributed by atoms with van der Waals surface area (Å²) in [5, 5.41) is 3.64. The molecule has 0 spiro atoms. The minimum absolute atomic E-state index is 0.0166. The molecule has 3 aromatic carbocycles. The van der Waals surface area contributed by atoms with Crippen molar-refractivity contribution in [3.8, 4) is 11.4 Å². The molecule has 2 N–H and O–H groups in total. The summed E-state index contributed by atoms with van der Waals surface area (Å²) in [5.74, 6) is -0.714. The number of H-pyrrole nitrogens is 1. The summed E-state index contributed by atoms with van der Waals surface area (Å²) >= 11 is 6.18. The summed E-state index contributed by atoms with van der Waals surface area (Å²) in [6.07, 6.45) is 0. The van der Waals surface area contributed by atoms with Crippen LogP contribution in [0, 0.1) is 5.82 Å². The number of hydrogen-bond acceptors (Lipinski definition) is 4. The Bertz CT molecular complexity index is 1840. The van der Waals surface area contributed by atoms with E-state index in [2.05, 4.69) is 10.3 Å². The molecule has 0 atom stereocenters. The fraction of sp³-hybridized carbons (Fsp3) is 0.167. The van der Waals surface area contributed by atoms with Crippen LogP contribution in [0.2, 0.25) is 5.02 Å². The average Bonchev–Trinajstić information content (AvgIpc) is 3.55. The largest absolute Gasteiger partial charge is 0.497 e. The van der Waals surface area contributed by atoms with E-state index in [4.69, 9.17) is 16.3 Å². The minimum Gasteiger partial charge on any atom is -0.497 e. The van der Waals surface area contributed by atoms with Crippen molar-refractivity contribution >= 4 is 34.3 Å². The summed E-state index contributed by atoms with van der Waals surface area (Å²) in [7, 11) is 1.55. The quantitative estimate of drug-likeness (QED) is 0.312. The minimum atomic E-state index is -0.517. The number of nitrogens with one attached hydrogen (secondary N) is 2. The van der Waals surface area contributed by atoms with E-state index >= 15 is 0 Å². The summed E-state index contributed by atoms with van der Waals surface area (Å²) in [4.78, 5) is 45.4. The van der Waals surface area contributed by atoms with E-state index in [1.165, 1.54) is 21.3 Å². The molecule has 0 saturated heterocycles. The Morgan fingerprint density at radius 1 is 1.05 bits per heavy atom. The summed E-state index contributed by atoms with van der Waals surface area (Å²) in [5.41, 5.74) is 2.21. The lowest BCUT2D eigenvalue weighted by Gasteiger charge is -2.28. The Morgan fingerprint density at radius 3 is 2.54 bits per heavy atom. The number of imidazole rings is 1. The van der Waals surface area contributed by atoms with Crippen LogP contribution in [0.5, 0.6) is 5.75 Å². The van der Waals surface area contributed by atoms with Gasteiger partial charge in [-0.1, -0.05) is 41.9 Å². The van der Waals surface area contributed by atoms with Crippen LogP contribution in [0.3, 0.4) is 0 Å². The van der Waals surface area contributed by atoms with E-state index in [1.807, 2.05) is 30.3 Å². The number of hydrogen-bond donors (Lipinski definition) is 2. The Hall–Kier alpha value is -4.83. The van der Waals surface area contributed by atoms with Crippen molar-refractivity contribution in [2.45, 2.75) is 19.6 Å². The molecule has 0 radical (unpaired) electrons. The van der Waals surface area contributed by atoms with Gasteiger partial charge in [-0.2, -0.15) is 0 Å². The number of carbonyl (C=O) groups is 2. The van der Waals surface area contributed by atoms with Crippen molar-refractivity contribution in [1.29, 1.82) is 0 Å². The predicted octanol–water partition coefficient (Wildman–Crippen LogP) is 4.51. The van der Waals surface area contributed by atoms with Crippen molar-refractivity contribution < 1.29 is 18.7 Å². The zero-order valence-electron chi connectivity index (χ0n) is 22.0. The third-order valence-corrected chi connectivity index (χ3v) is 7.50. The molecular weight excluding hydrogens is 549 g/mol. The van der Waals surface area contributed by atoms with Crippen LogP contribution in [0.25, 0.3) is 16.6 Å². The van der Waals surface area contributed by atoms with Crippen molar-refractivity contribution in [1.82, 2.24) is 24.3 Å². The first-order valence-electron chi connectivity index (χ1n) is 12.9. The average molecular weight is 574 g/mol. The Morgan fingerprint density at radius 2 is 1.80 bits per heavy atom. The second-order valence-electron chi connectivity index (χ2n) is 9.69. The van der Waals surface area contributed by atoms with E-state index in [9.17, 15) is 18.8 Å². The van der Waals surface area contributed by atoms with E-state index in [1.54, 1.807) is 42.3 Å². The van der Waals surface area contributed by atoms with Gasteiger partial charge in [-0.25, -0.2) is 9.18 Å². The summed E-state index contributed by atoms with van der Waals surface area (Å²) in [6.45, 7) is 0.706. The number of aromatic amines is 1. The van der Waals surface area contributed by atoms with Crippen molar-refractivity contribution in [2.75, 3.05) is 13.7 Å². The van der Waals surface area contributed by atoms with Gasteiger partial charge in [0, 0.05) is 25.0 Å². The molecule has 11 heteroatoms. The molecule has 2 aromatic heterocycles. The number of halogens is 2. The number of rotatable bonds is 6. The lowest BCUT2D eigenvalue weighted by molar-refractivity contribution is 0.0701. The maximum absolute atomic E-state index is 13.9. The van der Waals surface area contributed by atoms with Crippen LogP contribution in [0.4, 0.5) is 4.39 Å². The molecule has 1 aliphatic heterocycles. The van der Waals surface area contributed by atoms with Crippen LogP contribution in [0.1, 0.15) is 32.2 Å². The number of methoxy groups -OCH3 is 1. The zero-order chi connectivity index (χ0) is 28.7. The molecule has 0 fully saturated rings. The van der Waals surface area contributed by atoms with E-state index in [0.717, 1.165) is 5.56 Å².